The summed E-state index contributed by atoms with van der Waals surface area (Å²) in [5.74, 6) is 0.987. The van der Waals surface area contributed by atoms with Crippen molar-refractivity contribution in [3.63, 3.8) is 0 Å². The summed E-state index contributed by atoms with van der Waals surface area (Å²) in [4.78, 5) is 4.38. The van der Waals surface area contributed by atoms with Crippen molar-refractivity contribution in [2.45, 2.75) is 39.7 Å². The molecule has 0 aliphatic carbocycles. The van der Waals surface area contributed by atoms with Crippen LogP contribution in [0.4, 0.5) is 5.82 Å². The van der Waals surface area contributed by atoms with E-state index in [-0.39, 0.29) is 0 Å². The van der Waals surface area contributed by atoms with E-state index in [1.807, 2.05) is 25.1 Å². The molecule has 1 heterocycles. The van der Waals surface area contributed by atoms with E-state index in [0.29, 0.717) is 6.04 Å². The SMILES string of the molecule is CCCC(C)Nc1cccc(C)n1. The summed E-state index contributed by atoms with van der Waals surface area (Å²) in [6, 6.07) is 6.57. The molecule has 0 saturated carbocycles. The number of aryl methyl sites for hydroxylation is 1. The van der Waals surface area contributed by atoms with Crippen molar-refractivity contribution >= 4 is 5.82 Å². The fourth-order valence-electron chi connectivity index (χ4n) is 1.38. The lowest BCUT2D eigenvalue weighted by molar-refractivity contribution is 0.687. The number of aromatic nitrogens is 1. The van der Waals surface area contributed by atoms with Crippen LogP contribution in [0.5, 0.6) is 0 Å². The molecule has 2 nitrogen and oxygen atoms in total. The second-order valence-corrected chi connectivity index (χ2v) is 3.50. The van der Waals surface area contributed by atoms with Gasteiger partial charge in [0.05, 0.1) is 0 Å². The topological polar surface area (TPSA) is 24.9 Å². The van der Waals surface area contributed by atoms with Gasteiger partial charge >= 0.3 is 0 Å². The maximum absolute atomic E-state index is 4.38. The van der Waals surface area contributed by atoms with E-state index < -0.39 is 0 Å². The highest BCUT2D eigenvalue weighted by Crippen LogP contribution is 2.07. The van der Waals surface area contributed by atoms with Crippen LogP contribution in [0.15, 0.2) is 18.2 Å². The zero-order valence-corrected chi connectivity index (χ0v) is 8.67. The van der Waals surface area contributed by atoms with Gasteiger partial charge < -0.3 is 5.32 Å². The second kappa shape index (κ2) is 4.85. The molecule has 1 aromatic heterocycles. The molecule has 72 valence electrons. The first-order valence-electron chi connectivity index (χ1n) is 4.92. The Morgan fingerprint density at radius 2 is 2.23 bits per heavy atom. The average molecular weight is 178 g/mol. The molecule has 0 amide bonds. The Bertz CT molecular complexity index is 258. The van der Waals surface area contributed by atoms with Gasteiger partial charge in [-0.05, 0) is 32.4 Å². The van der Waals surface area contributed by atoms with E-state index in [4.69, 9.17) is 0 Å². The van der Waals surface area contributed by atoms with Gasteiger partial charge in [0, 0.05) is 11.7 Å². The van der Waals surface area contributed by atoms with E-state index in [9.17, 15) is 0 Å². The predicted octanol–water partition coefficient (Wildman–Crippen LogP) is 2.99. The molecule has 1 atom stereocenters. The van der Waals surface area contributed by atoms with Gasteiger partial charge in [-0.15, -0.1) is 0 Å². The Morgan fingerprint density at radius 3 is 2.85 bits per heavy atom. The van der Waals surface area contributed by atoms with Crippen molar-refractivity contribution in [2.24, 2.45) is 0 Å². The minimum atomic E-state index is 0.513. The molecule has 0 spiro atoms. The van der Waals surface area contributed by atoms with Crippen LogP contribution in [0.2, 0.25) is 0 Å². The maximum atomic E-state index is 4.38. The number of anilines is 1. The Balaban J connectivity index is 2.53. The number of pyridine rings is 1. The number of nitrogens with one attached hydrogen (secondary N) is 1. The normalized spacial score (nSPS) is 12.5. The standard InChI is InChI=1S/C11H18N2/c1-4-6-9(2)12-11-8-5-7-10(3)13-11/h5,7-9H,4,6H2,1-3H3,(H,12,13). The van der Waals surface area contributed by atoms with Crippen LogP contribution in [-0.4, -0.2) is 11.0 Å². The third-order valence-corrected chi connectivity index (χ3v) is 2.00. The summed E-state index contributed by atoms with van der Waals surface area (Å²) >= 11 is 0. The molecule has 0 aliphatic rings. The van der Waals surface area contributed by atoms with Gasteiger partial charge in [-0.3, -0.25) is 0 Å². The summed E-state index contributed by atoms with van der Waals surface area (Å²) in [6.07, 6.45) is 2.40. The molecule has 0 aromatic carbocycles. The van der Waals surface area contributed by atoms with Gasteiger partial charge in [0.25, 0.3) is 0 Å². The third kappa shape index (κ3) is 3.45. The lowest BCUT2D eigenvalue weighted by Gasteiger charge is -2.13. The zero-order valence-electron chi connectivity index (χ0n) is 8.67. The number of hydrogen-bond donors (Lipinski definition) is 1. The van der Waals surface area contributed by atoms with Crippen molar-refractivity contribution in [1.29, 1.82) is 0 Å². The quantitative estimate of drug-likeness (QED) is 0.766. The van der Waals surface area contributed by atoms with Crippen molar-refractivity contribution in [2.75, 3.05) is 5.32 Å². The summed E-state index contributed by atoms with van der Waals surface area (Å²) in [5, 5.41) is 3.37. The summed E-state index contributed by atoms with van der Waals surface area (Å²) in [6.45, 7) is 6.39. The van der Waals surface area contributed by atoms with Gasteiger partial charge in [0.15, 0.2) is 0 Å². The first-order chi connectivity index (χ1) is 6.22. The monoisotopic (exact) mass is 178 g/mol. The molecule has 0 saturated heterocycles. The number of hydrogen-bond acceptors (Lipinski definition) is 2. The average Bonchev–Trinajstić information content (AvgIpc) is 2.04. The van der Waals surface area contributed by atoms with Gasteiger partial charge in [-0.2, -0.15) is 0 Å². The highest BCUT2D eigenvalue weighted by Gasteiger charge is 2.00. The minimum Gasteiger partial charge on any atom is -0.368 e. The molecular formula is C11H18N2. The lowest BCUT2D eigenvalue weighted by Crippen LogP contribution is -2.15. The summed E-state index contributed by atoms with van der Waals surface area (Å²) in [7, 11) is 0. The van der Waals surface area contributed by atoms with Crippen molar-refractivity contribution in [3.8, 4) is 0 Å². The fraction of sp³-hybridized carbons (Fsp3) is 0.545. The van der Waals surface area contributed by atoms with Crippen molar-refractivity contribution in [3.05, 3.63) is 23.9 Å². The smallest absolute Gasteiger partial charge is 0.126 e. The van der Waals surface area contributed by atoms with E-state index >= 15 is 0 Å². The Labute approximate surface area is 80.4 Å². The molecule has 0 fully saturated rings. The molecule has 2 heteroatoms. The van der Waals surface area contributed by atoms with Gasteiger partial charge in [-0.25, -0.2) is 4.98 Å². The van der Waals surface area contributed by atoms with Gasteiger partial charge in [0.2, 0.25) is 0 Å². The van der Waals surface area contributed by atoms with E-state index in [1.165, 1.54) is 12.8 Å². The zero-order chi connectivity index (χ0) is 9.68. The summed E-state index contributed by atoms with van der Waals surface area (Å²) in [5.41, 5.74) is 1.06. The van der Waals surface area contributed by atoms with Crippen LogP contribution >= 0.6 is 0 Å². The molecule has 1 unspecified atom stereocenters. The molecule has 1 rings (SSSR count). The fourth-order valence-corrected chi connectivity index (χ4v) is 1.38. The predicted molar refractivity (Wildman–Crippen MR) is 57.0 cm³/mol. The molecule has 0 aliphatic heterocycles. The molecule has 0 bridgehead atoms. The van der Waals surface area contributed by atoms with Crippen LogP contribution in [0.3, 0.4) is 0 Å². The van der Waals surface area contributed by atoms with Crippen molar-refractivity contribution < 1.29 is 0 Å². The Kier molecular flexibility index (Phi) is 3.74. The van der Waals surface area contributed by atoms with E-state index in [0.717, 1.165) is 11.5 Å². The van der Waals surface area contributed by atoms with Crippen LogP contribution in [0.25, 0.3) is 0 Å². The van der Waals surface area contributed by atoms with Crippen LogP contribution in [0.1, 0.15) is 32.4 Å². The van der Waals surface area contributed by atoms with E-state index in [2.05, 4.69) is 24.1 Å². The third-order valence-electron chi connectivity index (χ3n) is 2.00. The summed E-state index contributed by atoms with van der Waals surface area (Å²) < 4.78 is 0. The Hall–Kier alpha value is -1.05. The first-order valence-corrected chi connectivity index (χ1v) is 4.92. The van der Waals surface area contributed by atoms with E-state index in [1.54, 1.807) is 0 Å². The largest absolute Gasteiger partial charge is 0.368 e. The highest BCUT2D eigenvalue weighted by atomic mass is 15.0. The molecule has 1 N–H and O–H groups in total. The van der Waals surface area contributed by atoms with Crippen molar-refractivity contribution in [1.82, 2.24) is 4.98 Å². The Morgan fingerprint density at radius 1 is 1.46 bits per heavy atom. The molecule has 0 radical (unpaired) electrons. The van der Waals surface area contributed by atoms with Gasteiger partial charge in [-0.1, -0.05) is 19.4 Å². The molecule has 13 heavy (non-hydrogen) atoms. The molecular weight excluding hydrogens is 160 g/mol. The second-order valence-electron chi connectivity index (χ2n) is 3.50. The highest BCUT2D eigenvalue weighted by molar-refractivity contribution is 5.35. The lowest BCUT2D eigenvalue weighted by atomic mass is 10.2. The number of nitrogens with zero attached hydrogens (tertiary/aromatic N) is 1. The molecule has 1 aromatic rings. The van der Waals surface area contributed by atoms with Gasteiger partial charge in [0.1, 0.15) is 5.82 Å². The van der Waals surface area contributed by atoms with Crippen LogP contribution < -0.4 is 5.32 Å². The van der Waals surface area contributed by atoms with Crippen LogP contribution in [-0.2, 0) is 0 Å². The number of rotatable bonds is 4. The first kappa shape index (κ1) is 10.0. The minimum absolute atomic E-state index is 0.513. The van der Waals surface area contributed by atoms with Crippen LogP contribution in [0, 0.1) is 6.92 Å². The maximum Gasteiger partial charge on any atom is 0.126 e.